The third-order valence-electron chi connectivity index (χ3n) is 4.54. The normalized spacial score (nSPS) is 26.9. The van der Waals surface area contributed by atoms with Crippen molar-refractivity contribution >= 4 is 11.6 Å². The summed E-state index contributed by atoms with van der Waals surface area (Å²) < 4.78 is 1.80. The van der Waals surface area contributed by atoms with Crippen LogP contribution in [0.2, 0.25) is 0 Å². The molecule has 3 atom stereocenters. The first-order valence-corrected chi connectivity index (χ1v) is 7.22. The van der Waals surface area contributed by atoms with E-state index in [1.165, 1.54) is 6.42 Å². The summed E-state index contributed by atoms with van der Waals surface area (Å²) in [6.45, 7) is 1.02. The minimum Gasteiger partial charge on any atom is -0.349 e. The average molecular weight is 280 g/mol. The van der Waals surface area contributed by atoms with Gasteiger partial charge in [-0.1, -0.05) is 0 Å². The fourth-order valence-electron chi connectivity index (χ4n) is 3.46. The lowest BCUT2D eigenvalue weighted by Crippen LogP contribution is -2.44. The number of amides is 1. The van der Waals surface area contributed by atoms with Gasteiger partial charge in [0, 0.05) is 31.0 Å². The van der Waals surface area contributed by atoms with Crippen LogP contribution in [0.4, 0.5) is 0 Å². The summed E-state index contributed by atoms with van der Waals surface area (Å²) >= 11 is 0. The van der Waals surface area contributed by atoms with Crippen LogP contribution < -0.4 is 10.6 Å². The molecule has 0 radical (unpaired) electrons. The number of carbonyl (C=O) groups excluding carboxylic acids is 1. The number of terminal acetylenes is 1. The molecule has 1 amide bonds. The maximum atomic E-state index is 12.4. The Kier molecular flexibility index (Phi) is 2.72. The number of nitrogens with zero attached hydrogens (tertiary/aromatic N) is 2. The zero-order chi connectivity index (χ0) is 14.4. The molecule has 0 spiro atoms. The van der Waals surface area contributed by atoms with E-state index >= 15 is 0 Å². The van der Waals surface area contributed by atoms with Crippen molar-refractivity contribution in [3.8, 4) is 12.3 Å². The molecule has 5 nitrogen and oxygen atoms in total. The fraction of sp³-hybridized carbons (Fsp3) is 0.375. The smallest absolute Gasteiger partial charge is 0.253 e. The van der Waals surface area contributed by atoms with E-state index < -0.39 is 0 Å². The van der Waals surface area contributed by atoms with Gasteiger partial charge in [0.05, 0.1) is 5.56 Å². The van der Waals surface area contributed by atoms with Gasteiger partial charge in [-0.2, -0.15) is 0 Å². The van der Waals surface area contributed by atoms with Crippen LogP contribution in [-0.4, -0.2) is 33.9 Å². The van der Waals surface area contributed by atoms with Crippen molar-refractivity contribution in [3.05, 3.63) is 35.8 Å². The van der Waals surface area contributed by atoms with E-state index in [2.05, 4.69) is 21.5 Å². The van der Waals surface area contributed by atoms with Crippen LogP contribution in [0.25, 0.3) is 5.65 Å². The van der Waals surface area contributed by atoms with Gasteiger partial charge in [-0.3, -0.25) is 4.79 Å². The highest BCUT2D eigenvalue weighted by atomic mass is 16.1. The molecule has 1 saturated heterocycles. The van der Waals surface area contributed by atoms with Crippen LogP contribution in [0.3, 0.4) is 0 Å². The molecule has 0 aromatic carbocycles. The standard InChI is InChI=1S/C16H16N4O/c1-2-12-9-20-8-10(3-4-15(20)18-12)16(21)19-14-6-13-5-11(14)7-17-13/h1,3-4,8-9,11,13-14,17H,5-7H2,(H,19,21). The Balaban J connectivity index is 1.55. The van der Waals surface area contributed by atoms with Gasteiger partial charge in [-0.15, -0.1) is 6.42 Å². The van der Waals surface area contributed by atoms with E-state index in [1.54, 1.807) is 22.9 Å². The fourth-order valence-corrected chi connectivity index (χ4v) is 3.46. The third-order valence-corrected chi connectivity index (χ3v) is 4.54. The molecular weight excluding hydrogens is 264 g/mol. The number of hydrogen-bond donors (Lipinski definition) is 2. The molecule has 3 unspecified atom stereocenters. The first-order chi connectivity index (χ1) is 10.2. The highest BCUT2D eigenvalue weighted by molar-refractivity contribution is 5.94. The van der Waals surface area contributed by atoms with Crippen LogP contribution in [0.15, 0.2) is 24.5 Å². The number of imidazole rings is 1. The number of pyridine rings is 1. The Hall–Kier alpha value is -2.32. The zero-order valence-corrected chi connectivity index (χ0v) is 11.5. The van der Waals surface area contributed by atoms with Gasteiger partial charge in [0.1, 0.15) is 11.3 Å². The van der Waals surface area contributed by atoms with E-state index in [1.807, 2.05) is 6.07 Å². The predicted octanol–water partition coefficient (Wildman–Crippen LogP) is 0.796. The Morgan fingerprint density at radius 3 is 3.05 bits per heavy atom. The van der Waals surface area contributed by atoms with Crippen LogP contribution in [0.5, 0.6) is 0 Å². The Labute approximate surface area is 122 Å². The van der Waals surface area contributed by atoms with E-state index in [4.69, 9.17) is 6.42 Å². The SMILES string of the molecule is C#Cc1cn2cc(C(=O)NC3CC4CC3CN4)ccc2n1. The molecular formula is C16H16N4O. The number of nitrogens with one attached hydrogen (secondary N) is 2. The summed E-state index contributed by atoms with van der Waals surface area (Å²) in [6.07, 6.45) is 11.1. The summed E-state index contributed by atoms with van der Waals surface area (Å²) in [5, 5.41) is 6.61. The number of hydrogen-bond acceptors (Lipinski definition) is 3. The van der Waals surface area contributed by atoms with Gasteiger partial charge < -0.3 is 15.0 Å². The second kappa shape index (κ2) is 4.61. The number of fused-ring (bicyclic) bond motifs is 3. The van der Waals surface area contributed by atoms with Crippen molar-refractivity contribution in [2.24, 2.45) is 5.92 Å². The predicted molar refractivity (Wildman–Crippen MR) is 78.9 cm³/mol. The summed E-state index contributed by atoms with van der Waals surface area (Å²) in [5.41, 5.74) is 1.97. The average Bonchev–Trinajstić information content (AvgIpc) is 3.20. The molecule has 3 heterocycles. The topological polar surface area (TPSA) is 58.4 Å². The maximum Gasteiger partial charge on any atom is 0.253 e. The van der Waals surface area contributed by atoms with Crippen LogP contribution in [0, 0.1) is 18.3 Å². The van der Waals surface area contributed by atoms with Crippen molar-refractivity contribution < 1.29 is 4.79 Å². The molecule has 1 saturated carbocycles. The van der Waals surface area contributed by atoms with Crippen molar-refractivity contribution in [2.75, 3.05) is 6.54 Å². The highest BCUT2D eigenvalue weighted by Gasteiger charge is 2.40. The van der Waals surface area contributed by atoms with E-state index in [0.717, 1.165) is 18.6 Å². The van der Waals surface area contributed by atoms with Crippen LogP contribution in [0.1, 0.15) is 28.9 Å². The van der Waals surface area contributed by atoms with Gasteiger partial charge in [0.15, 0.2) is 0 Å². The molecule has 2 N–H and O–H groups in total. The van der Waals surface area contributed by atoms with Gasteiger partial charge in [0.25, 0.3) is 5.91 Å². The van der Waals surface area contributed by atoms with Crippen molar-refractivity contribution in [2.45, 2.75) is 24.9 Å². The monoisotopic (exact) mass is 280 g/mol. The number of aromatic nitrogens is 2. The number of carbonyl (C=O) groups is 1. The first-order valence-electron chi connectivity index (χ1n) is 7.22. The molecule has 106 valence electrons. The zero-order valence-electron chi connectivity index (χ0n) is 11.5. The summed E-state index contributed by atoms with van der Waals surface area (Å²) in [6, 6.07) is 4.49. The minimum atomic E-state index is -0.0228. The molecule has 2 aromatic heterocycles. The Morgan fingerprint density at radius 2 is 2.33 bits per heavy atom. The summed E-state index contributed by atoms with van der Waals surface area (Å²) in [5.74, 6) is 3.05. The Morgan fingerprint density at radius 1 is 1.43 bits per heavy atom. The van der Waals surface area contributed by atoms with Gasteiger partial charge >= 0.3 is 0 Å². The summed E-state index contributed by atoms with van der Waals surface area (Å²) in [4.78, 5) is 16.6. The van der Waals surface area contributed by atoms with Crippen LogP contribution >= 0.6 is 0 Å². The lowest BCUT2D eigenvalue weighted by molar-refractivity contribution is 0.0924. The third kappa shape index (κ3) is 2.08. The van der Waals surface area contributed by atoms with Crippen molar-refractivity contribution in [1.82, 2.24) is 20.0 Å². The molecule has 1 aliphatic heterocycles. The molecule has 5 heteroatoms. The molecule has 2 fully saturated rings. The van der Waals surface area contributed by atoms with E-state index in [0.29, 0.717) is 29.3 Å². The van der Waals surface area contributed by atoms with Gasteiger partial charge in [-0.05, 0) is 36.8 Å². The summed E-state index contributed by atoms with van der Waals surface area (Å²) in [7, 11) is 0. The molecule has 4 rings (SSSR count). The lowest BCUT2D eigenvalue weighted by Gasteiger charge is -2.23. The molecule has 21 heavy (non-hydrogen) atoms. The van der Waals surface area contributed by atoms with Crippen LogP contribution in [-0.2, 0) is 0 Å². The molecule has 2 aliphatic rings. The number of rotatable bonds is 2. The second-order valence-electron chi connectivity index (χ2n) is 5.87. The van der Waals surface area contributed by atoms with Crippen molar-refractivity contribution in [3.63, 3.8) is 0 Å². The lowest BCUT2D eigenvalue weighted by atomic mass is 10.0. The van der Waals surface area contributed by atoms with E-state index in [-0.39, 0.29) is 5.91 Å². The van der Waals surface area contributed by atoms with Gasteiger partial charge in [-0.25, -0.2) is 4.98 Å². The maximum absolute atomic E-state index is 12.4. The molecule has 2 bridgehead atoms. The second-order valence-corrected chi connectivity index (χ2v) is 5.87. The quantitative estimate of drug-likeness (QED) is 0.800. The first kappa shape index (κ1) is 12.4. The van der Waals surface area contributed by atoms with Crippen molar-refractivity contribution in [1.29, 1.82) is 0 Å². The molecule has 2 aromatic rings. The minimum absolute atomic E-state index is 0.0228. The van der Waals surface area contributed by atoms with Gasteiger partial charge in [0.2, 0.25) is 0 Å². The number of piperidine rings is 1. The largest absolute Gasteiger partial charge is 0.349 e. The molecule has 1 aliphatic carbocycles. The Bertz CT molecular complexity index is 757. The highest BCUT2D eigenvalue weighted by Crippen LogP contribution is 2.31. The van der Waals surface area contributed by atoms with E-state index in [9.17, 15) is 4.79 Å².